The first-order chi connectivity index (χ1) is 7.83. The lowest BCUT2D eigenvalue weighted by Crippen LogP contribution is -2.16. The molecule has 0 amide bonds. The van der Waals surface area contributed by atoms with E-state index in [1.54, 1.807) is 0 Å². The molecule has 0 aromatic heterocycles. The zero-order valence-corrected chi connectivity index (χ0v) is 13.0. The summed E-state index contributed by atoms with van der Waals surface area (Å²) in [5, 5.41) is 0. The number of hydrogen-bond donors (Lipinski definition) is 1. The number of aryl methyl sites for hydroxylation is 2. The van der Waals surface area contributed by atoms with Gasteiger partial charge < -0.3 is 0 Å². The molecule has 0 saturated carbocycles. The van der Waals surface area contributed by atoms with Crippen LogP contribution in [-0.2, 0) is 4.75 Å². The SMILES string of the molecule is CCC(C)c1cc(C)c(C(C)(S)CC)c(C)c1. The van der Waals surface area contributed by atoms with E-state index in [2.05, 4.69) is 53.7 Å². The van der Waals surface area contributed by atoms with E-state index in [9.17, 15) is 0 Å². The summed E-state index contributed by atoms with van der Waals surface area (Å²) in [6, 6.07) is 4.70. The fourth-order valence-electron chi connectivity index (χ4n) is 2.54. The van der Waals surface area contributed by atoms with Gasteiger partial charge in [0.05, 0.1) is 0 Å². The molecule has 1 heteroatoms. The van der Waals surface area contributed by atoms with E-state index in [0.29, 0.717) is 5.92 Å². The lowest BCUT2D eigenvalue weighted by atomic mass is 9.85. The Labute approximate surface area is 112 Å². The Balaban J connectivity index is 3.29. The molecule has 0 heterocycles. The average Bonchev–Trinajstić information content (AvgIpc) is 2.26. The first kappa shape index (κ1) is 14.6. The minimum atomic E-state index is -0.0118. The topological polar surface area (TPSA) is 0 Å². The highest BCUT2D eigenvalue weighted by Gasteiger charge is 2.24. The summed E-state index contributed by atoms with van der Waals surface area (Å²) in [5.41, 5.74) is 5.65. The molecule has 0 N–H and O–H groups in total. The Morgan fingerprint density at radius 1 is 1.18 bits per heavy atom. The van der Waals surface area contributed by atoms with Crippen molar-refractivity contribution in [1.29, 1.82) is 0 Å². The first-order valence-corrected chi connectivity index (χ1v) is 7.12. The molecule has 1 aromatic carbocycles. The van der Waals surface area contributed by atoms with Gasteiger partial charge in [0, 0.05) is 4.75 Å². The number of thiol groups is 1. The fourth-order valence-corrected chi connectivity index (χ4v) is 2.90. The van der Waals surface area contributed by atoms with Crippen molar-refractivity contribution >= 4 is 12.6 Å². The second-order valence-electron chi connectivity index (χ2n) is 5.47. The fraction of sp³-hybridized carbons (Fsp3) is 0.625. The molecule has 0 aliphatic rings. The first-order valence-electron chi connectivity index (χ1n) is 6.67. The maximum Gasteiger partial charge on any atom is 0.0352 e. The van der Waals surface area contributed by atoms with Gasteiger partial charge in [0.25, 0.3) is 0 Å². The van der Waals surface area contributed by atoms with E-state index >= 15 is 0 Å². The summed E-state index contributed by atoms with van der Waals surface area (Å²) < 4.78 is -0.0118. The highest BCUT2D eigenvalue weighted by molar-refractivity contribution is 7.81. The van der Waals surface area contributed by atoms with Crippen molar-refractivity contribution in [3.63, 3.8) is 0 Å². The predicted octanol–water partition coefficient (Wildman–Crippen LogP) is 5.37. The van der Waals surface area contributed by atoms with Crippen LogP contribution in [0.15, 0.2) is 12.1 Å². The van der Waals surface area contributed by atoms with Crippen molar-refractivity contribution in [2.45, 2.75) is 65.0 Å². The normalized spacial score (nSPS) is 16.6. The molecule has 1 rings (SSSR count). The van der Waals surface area contributed by atoms with Gasteiger partial charge in [-0.15, -0.1) is 0 Å². The van der Waals surface area contributed by atoms with Gasteiger partial charge in [0.15, 0.2) is 0 Å². The van der Waals surface area contributed by atoms with Crippen LogP contribution >= 0.6 is 12.6 Å². The third-order valence-corrected chi connectivity index (χ3v) is 4.50. The third-order valence-electron chi connectivity index (χ3n) is 3.96. The van der Waals surface area contributed by atoms with Crippen LogP contribution in [-0.4, -0.2) is 0 Å². The third kappa shape index (κ3) is 3.07. The molecule has 0 spiro atoms. The quantitative estimate of drug-likeness (QED) is 0.682. The zero-order valence-electron chi connectivity index (χ0n) is 12.1. The summed E-state index contributed by atoms with van der Waals surface area (Å²) >= 11 is 4.82. The van der Waals surface area contributed by atoms with Gasteiger partial charge in [-0.3, -0.25) is 0 Å². The molecule has 2 atom stereocenters. The summed E-state index contributed by atoms with van der Waals surface area (Å²) in [6.07, 6.45) is 2.25. The molecule has 1 aromatic rings. The van der Waals surface area contributed by atoms with Crippen LogP contribution in [0.1, 0.15) is 68.7 Å². The summed E-state index contributed by atoms with van der Waals surface area (Å²) in [7, 11) is 0. The molecule has 0 nitrogen and oxygen atoms in total. The van der Waals surface area contributed by atoms with E-state index in [-0.39, 0.29) is 4.75 Å². The molecule has 2 unspecified atom stereocenters. The number of hydrogen-bond acceptors (Lipinski definition) is 1. The van der Waals surface area contributed by atoms with E-state index in [4.69, 9.17) is 12.6 Å². The monoisotopic (exact) mass is 250 g/mol. The lowest BCUT2D eigenvalue weighted by molar-refractivity contribution is 0.658. The molecule has 0 fully saturated rings. The van der Waals surface area contributed by atoms with Crippen LogP contribution < -0.4 is 0 Å². The Bertz CT molecular complexity index is 368. The van der Waals surface area contributed by atoms with E-state index < -0.39 is 0 Å². The maximum absolute atomic E-state index is 4.82. The maximum atomic E-state index is 4.82. The Morgan fingerprint density at radius 3 is 2.00 bits per heavy atom. The Hall–Kier alpha value is -0.430. The van der Waals surface area contributed by atoms with Gasteiger partial charge in [0.2, 0.25) is 0 Å². The largest absolute Gasteiger partial charge is 0.168 e. The van der Waals surface area contributed by atoms with Gasteiger partial charge in [-0.25, -0.2) is 0 Å². The van der Waals surface area contributed by atoms with Crippen molar-refractivity contribution in [3.05, 3.63) is 34.4 Å². The van der Waals surface area contributed by atoms with Gasteiger partial charge in [-0.2, -0.15) is 12.6 Å². The molecule has 0 bridgehead atoms. The van der Waals surface area contributed by atoms with Crippen LogP contribution in [0.5, 0.6) is 0 Å². The van der Waals surface area contributed by atoms with Crippen LogP contribution in [0, 0.1) is 13.8 Å². The molecule has 17 heavy (non-hydrogen) atoms. The smallest absolute Gasteiger partial charge is 0.0352 e. The summed E-state index contributed by atoms with van der Waals surface area (Å²) in [6.45, 7) is 13.4. The number of rotatable bonds is 4. The molecule has 96 valence electrons. The minimum absolute atomic E-state index is 0.0118. The van der Waals surface area contributed by atoms with Crippen molar-refractivity contribution in [1.82, 2.24) is 0 Å². The Morgan fingerprint density at radius 2 is 1.65 bits per heavy atom. The second kappa shape index (κ2) is 5.48. The van der Waals surface area contributed by atoms with Crippen LogP contribution in [0.2, 0.25) is 0 Å². The second-order valence-corrected chi connectivity index (χ2v) is 6.45. The zero-order chi connectivity index (χ0) is 13.2. The number of benzene rings is 1. The molecule has 0 aliphatic carbocycles. The molecular formula is C16H26S. The van der Waals surface area contributed by atoms with Gasteiger partial charge >= 0.3 is 0 Å². The van der Waals surface area contributed by atoms with Crippen LogP contribution in [0.25, 0.3) is 0 Å². The van der Waals surface area contributed by atoms with E-state index in [1.807, 2.05) is 0 Å². The molecule has 0 radical (unpaired) electrons. The van der Waals surface area contributed by atoms with Crippen molar-refractivity contribution in [2.75, 3.05) is 0 Å². The van der Waals surface area contributed by atoms with Gasteiger partial charge in [-0.1, -0.05) is 32.9 Å². The Kier molecular flexibility index (Phi) is 4.71. The van der Waals surface area contributed by atoms with Crippen LogP contribution in [0.4, 0.5) is 0 Å². The van der Waals surface area contributed by atoms with E-state index in [0.717, 1.165) is 6.42 Å². The lowest BCUT2D eigenvalue weighted by Gasteiger charge is -2.28. The minimum Gasteiger partial charge on any atom is -0.168 e. The highest BCUT2D eigenvalue weighted by Crippen LogP contribution is 2.37. The molecule has 0 aliphatic heterocycles. The van der Waals surface area contributed by atoms with Gasteiger partial charge in [-0.05, 0) is 61.8 Å². The standard InChI is InChI=1S/C16H26S/c1-7-11(3)14-9-12(4)15(13(5)10-14)16(6,17)8-2/h9-11,17H,7-8H2,1-6H3. The van der Waals surface area contributed by atoms with E-state index in [1.165, 1.54) is 28.7 Å². The highest BCUT2D eigenvalue weighted by atomic mass is 32.1. The molecule has 0 saturated heterocycles. The predicted molar refractivity (Wildman–Crippen MR) is 81.3 cm³/mol. The van der Waals surface area contributed by atoms with Crippen molar-refractivity contribution in [2.24, 2.45) is 0 Å². The summed E-state index contributed by atoms with van der Waals surface area (Å²) in [5.74, 6) is 0.647. The molecular weight excluding hydrogens is 224 g/mol. The van der Waals surface area contributed by atoms with Crippen molar-refractivity contribution in [3.8, 4) is 0 Å². The van der Waals surface area contributed by atoms with Crippen molar-refractivity contribution < 1.29 is 0 Å². The summed E-state index contributed by atoms with van der Waals surface area (Å²) in [4.78, 5) is 0. The van der Waals surface area contributed by atoms with Gasteiger partial charge in [0.1, 0.15) is 0 Å². The average molecular weight is 250 g/mol. The van der Waals surface area contributed by atoms with Crippen LogP contribution in [0.3, 0.4) is 0 Å².